The number of rotatable bonds is 51. The Morgan fingerprint density at radius 2 is 0.578 bits per heavy atom. The van der Waals surface area contributed by atoms with E-state index in [0.717, 1.165) is 57.8 Å². The van der Waals surface area contributed by atoms with E-state index in [1.807, 2.05) is 0 Å². The first-order valence-corrected chi connectivity index (χ1v) is 28.0. The molecule has 0 aromatic rings. The summed E-state index contributed by atoms with van der Waals surface area (Å²) >= 11 is 0. The molecule has 6 nitrogen and oxygen atoms in total. The predicted molar refractivity (Wildman–Crippen MR) is 275 cm³/mol. The molecule has 0 unspecified atom stereocenters. The second-order valence-corrected chi connectivity index (χ2v) is 18.9. The van der Waals surface area contributed by atoms with Gasteiger partial charge in [0.1, 0.15) is 13.2 Å². The van der Waals surface area contributed by atoms with Crippen molar-refractivity contribution < 1.29 is 28.6 Å². The zero-order valence-corrected chi connectivity index (χ0v) is 42.8. The summed E-state index contributed by atoms with van der Waals surface area (Å²) in [6, 6.07) is 0. The van der Waals surface area contributed by atoms with Gasteiger partial charge in [0.2, 0.25) is 0 Å². The summed E-state index contributed by atoms with van der Waals surface area (Å²) < 4.78 is 16.8. The van der Waals surface area contributed by atoms with Crippen LogP contribution in [-0.2, 0) is 28.6 Å². The van der Waals surface area contributed by atoms with Gasteiger partial charge in [-0.25, -0.2) is 0 Å². The fourth-order valence-electron chi connectivity index (χ4n) is 8.17. The van der Waals surface area contributed by atoms with Gasteiger partial charge in [-0.05, 0) is 51.4 Å². The largest absolute Gasteiger partial charge is 0.462 e. The molecule has 0 rings (SSSR count). The summed E-state index contributed by atoms with van der Waals surface area (Å²) in [7, 11) is 0. The van der Waals surface area contributed by atoms with Crippen molar-refractivity contribution in [3.8, 4) is 0 Å². The predicted octanol–water partition coefficient (Wildman–Crippen LogP) is 18.5. The van der Waals surface area contributed by atoms with Crippen LogP contribution in [-0.4, -0.2) is 37.2 Å². The number of hydrogen-bond donors (Lipinski definition) is 0. The molecule has 374 valence electrons. The fourth-order valence-corrected chi connectivity index (χ4v) is 8.17. The summed E-state index contributed by atoms with van der Waals surface area (Å²) in [5.74, 6) is -0.922. The van der Waals surface area contributed by atoms with Crippen molar-refractivity contribution in [3.05, 3.63) is 36.5 Å². The third kappa shape index (κ3) is 50.6. The van der Waals surface area contributed by atoms with Crippen LogP contribution in [0.1, 0.15) is 297 Å². The van der Waals surface area contributed by atoms with Crippen LogP contribution in [0.25, 0.3) is 0 Å². The first-order valence-electron chi connectivity index (χ1n) is 28.0. The highest BCUT2D eigenvalue weighted by Gasteiger charge is 2.19. The summed E-state index contributed by atoms with van der Waals surface area (Å²) in [6.45, 7) is 6.62. The van der Waals surface area contributed by atoms with Gasteiger partial charge in [0.15, 0.2) is 6.10 Å². The highest BCUT2D eigenvalue weighted by molar-refractivity contribution is 5.71. The molecule has 0 amide bonds. The average Bonchev–Trinajstić information content (AvgIpc) is 3.29. The van der Waals surface area contributed by atoms with Crippen LogP contribution in [0.15, 0.2) is 36.5 Å². The number of allylic oxidation sites excluding steroid dienone is 6. The number of esters is 3. The van der Waals surface area contributed by atoms with Crippen molar-refractivity contribution >= 4 is 17.9 Å². The lowest BCUT2D eigenvalue weighted by molar-refractivity contribution is -0.167. The van der Waals surface area contributed by atoms with Crippen LogP contribution in [0.2, 0.25) is 0 Å². The second kappa shape index (κ2) is 53.2. The first-order chi connectivity index (χ1) is 31.5. The topological polar surface area (TPSA) is 78.9 Å². The smallest absolute Gasteiger partial charge is 0.306 e. The van der Waals surface area contributed by atoms with E-state index in [4.69, 9.17) is 14.2 Å². The molecule has 0 aliphatic carbocycles. The molecule has 0 saturated heterocycles. The Bertz CT molecular complexity index is 1080. The van der Waals surface area contributed by atoms with Crippen LogP contribution in [0.3, 0.4) is 0 Å². The maximum absolute atomic E-state index is 12.8. The lowest BCUT2D eigenvalue weighted by Crippen LogP contribution is -2.30. The number of unbranched alkanes of at least 4 members (excludes halogenated alkanes) is 34. The van der Waals surface area contributed by atoms with Gasteiger partial charge < -0.3 is 14.2 Å². The Kier molecular flexibility index (Phi) is 51.3. The highest BCUT2D eigenvalue weighted by atomic mass is 16.6. The third-order valence-electron chi connectivity index (χ3n) is 12.4. The van der Waals surface area contributed by atoms with Crippen molar-refractivity contribution in [3.63, 3.8) is 0 Å². The first kappa shape index (κ1) is 61.6. The van der Waals surface area contributed by atoms with Gasteiger partial charge in [-0.15, -0.1) is 0 Å². The number of ether oxygens (including phenoxy) is 3. The van der Waals surface area contributed by atoms with E-state index < -0.39 is 6.10 Å². The molecule has 1 atom stereocenters. The Morgan fingerprint density at radius 1 is 0.312 bits per heavy atom. The van der Waals surface area contributed by atoms with Crippen LogP contribution in [0.5, 0.6) is 0 Å². The third-order valence-corrected chi connectivity index (χ3v) is 12.4. The molecular formula is C58H106O6. The molecule has 0 heterocycles. The summed E-state index contributed by atoms with van der Waals surface area (Å²) in [6.07, 6.45) is 62.8. The van der Waals surface area contributed by atoms with E-state index >= 15 is 0 Å². The molecule has 0 bridgehead atoms. The standard InChI is InChI=1S/C58H106O6/c1-4-7-10-13-16-19-22-25-27-29-31-33-36-38-41-44-47-50-56(59)62-53-55(64-58(61)52-49-46-43-40-35-24-21-18-15-12-9-6-3)54-63-57(60)51-48-45-42-39-37-34-32-30-28-26-23-20-17-14-11-8-5-2/h25,27,31,33,38,41,55H,4-24,26,28-30,32,34-37,39-40,42-54H2,1-3H3/b27-25-,33-31-,41-38-/t55-/m1/s1. The Morgan fingerprint density at radius 3 is 0.938 bits per heavy atom. The zero-order valence-electron chi connectivity index (χ0n) is 42.8. The molecule has 0 radical (unpaired) electrons. The molecule has 0 aliphatic heterocycles. The van der Waals surface area contributed by atoms with Gasteiger partial charge in [0.25, 0.3) is 0 Å². The van der Waals surface area contributed by atoms with Gasteiger partial charge >= 0.3 is 17.9 Å². The summed E-state index contributed by atoms with van der Waals surface area (Å²) in [5.41, 5.74) is 0. The highest BCUT2D eigenvalue weighted by Crippen LogP contribution is 2.16. The van der Waals surface area contributed by atoms with Crippen molar-refractivity contribution in [1.29, 1.82) is 0 Å². The fraction of sp³-hybridized carbons (Fsp3) is 0.845. The molecule has 0 fully saturated rings. The minimum Gasteiger partial charge on any atom is -0.462 e. The molecular weight excluding hydrogens is 793 g/mol. The minimum absolute atomic E-state index is 0.0829. The lowest BCUT2D eigenvalue weighted by atomic mass is 10.0. The van der Waals surface area contributed by atoms with Gasteiger partial charge in [0, 0.05) is 19.3 Å². The SMILES string of the molecule is CCCCCCCC/C=C\C/C=C\C/C=C\CCCC(=O)OC[C@H](COC(=O)CCCCCCCCCCCCCCCCCCC)OC(=O)CCCCCCCCCCCCCC. The monoisotopic (exact) mass is 899 g/mol. The average molecular weight is 899 g/mol. The van der Waals surface area contributed by atoms with Crippen molar-refractivity contribution in [2.45, 2.75) is 303 Å². The zero-order chi connectivity index (χ0) is 46.5. The molecule has 64 heavy (non-hydrogen) atoms. The quantitative estimate of drug-likeness (QED) is 0.0262. The Labute approximate surface area is 397 Å². The van der Waals surface area contributed by atoms with E-state index in [1.54, 1.807) is 0 Å². The van der Waals surface area contributed by atoms with Crippen LogP contribution < -0.4 is 0 Å². The maximum Gasteiger partial charge on any atom is 0.306 e. The normalized spacial score (nSPS) is 12.2. The minimum atomic E-state index is -0.787. The molecule has 0 aromatic heterocycles. The van der Waals surface area contributed by atoms with E-state index in [1.165, 1.54) is 193 Å². The molecule has 0 N–H and O–H groups in total. The Balaban J connectivity index is 4.37. The van der Waals surface area contributed by atoms with Crippen LogP contribution >= 0.6 is 0 Å². The number of hydrogen-bond acceptors (Lipinski definition) is 6. The molecule has 6 heteroatoms. The molecule has 0 aromatic carbocycles. The van der Waals surface area contributed by atoms with Gasteiger partial charge in [0.05, 0.1) is 0 Å². The molecule has 0 saturated carbocycles. The maximum atomic E-state index is 12.8. The summed E-state index contributed by atoms with van der Waals surface area (Å²) in [5, 5.41) is 0. The van der Waals surface area contributed by atoms with Gasteiger partial charge in [-0.1, -0.05) is 263 Å². The number of carbonyl (C=O) groups is 3. The van der Waals surface area contributed by atoms with Gasteiger partial charge in [-0.3, -0.25) is 14.4 Å². The second-order valence-electron chi connectivity index (χ2n) is 18.9. The molecule has 0 spiro atoms. The van der Waals surface area contributed by atoms with Crippen molar-refractivity contribution in [2.24, 2.45) is 0 Å². The summed E-state index contributed by atoms with van der Waals surface area (Å²) in [4.78, 5) is 38.0. The van der Waals surface area contributed by atoms with E-state index in [2.05, 4.69) is 57.2 Å². The van der Waals surface area contributed by atoms with E-state index in [-0.39, 0.29) is 31.1 Å². The van der Waals surface area contributed by atoms with E-state index in [9.17, 15) is 14.4 Å². The Hall–Kier alpha value is -2.37. The van der Waals surface area contributed by atoms with Crippen molar-refractivity contribution in [2.75, 3.05) is 13.2 Å². The van der Waals surface area contributed by atoms with Gasteiger partial charge in [-0.2, -0.15) is 0 Å². The van der Waals surface area contributed by atoms with Crippen LogP contribution in [0, 0.1) is 0 Å². The van der Waals surface area contributed by atoms with Crippen molar-refractivity contribution in [1.82, 2.24) is 0 Å². The van der Waals surface area contributed by atoms with Crippen LogP contribution in [0.4, 0.5) is 0 Å². The van der Waals surface area contributed by atoms with E-state index in [0.29, 0.717) is 25.7 Å². The number of carbonyl (C=O) groups excluding carboxylic acids is 3. The lowest BCUT2D eigenvalue weighted by Gasteiger charge is -2.18. The molecule has 0 aliphatic rings.